The Hall–Kier alpha value is -0.470. The SMILES string of the molecule is CCNC(C)C(C)Sc1ccc(C(C)C)cc1. The summed E-state index contributed by atoms with van der Waals surface area (Å²) in [6, 6.07) is 9.54. The van der Waals surface area contributed by atoms with Crippen LogP contribution in [0.5, 0.6) is 0 Å². The first-order valence-corrected chi connectivity index (χ1v) is 7.42. The van der Waals surface area contributed by atoms with Gasteiger partial charge in [-0.3, -0.25) is 0 Å². The Morgan fingerprint density at radius 1 is 1.06 bits per heavy atom. The molecule has 0 aliphatic heterocycles. The van der Waals surface area contributed by atoms with Crippen LogP contribution >= 0.6 is 11.8 Å². The predicted octanol–water partition coefficient (Wildman–Crippen LogP) is 4.29. The smallest absolute Gasteiger partial charge is 0.0217 e. The van der Waals surface area contributed by atoms with E-state index in [-0.39, 0.29) is 0 Å². The van der Waals surface area contributed by atoms with Crippen molar-refractivity contribution >= 4 is 11.8 Å². The molecule has 1 aromatic carbocycles. The van der Waals surface area contributed by atoms with Gasteiger partial charge in [0.05, 0.1) is 0 Å². The molecular weight excluding hydrogens is 226 g/mol. The van der Waals surface area contributed by atoms with Crippen molar-refractivity contribution in [1.29, 1.82) is 0 Å². The Balaban J connectivity index is 2.56. The van der Waals surface area contributed by atoms with E-state index in [0.29, 0.717) is 17.2 Å². The molecule has 1 N–H and O–H groups in total. The van der Waals surface area contributed by atoms with Gasteiger partial charge in [-0.1, -0.05) is 39.8 Å². The summed E-state index contributed by atoms with van der Waals surface area (Å²) in [5.41, 5.74) is 1.42. The Bertz CT molecular complexity index is 318. The highest BCUT2D eigenvalue weighted by Crippen LogP contribution is 2.26. The summed E-state index contributed by atoms with van der Waals surface area (Å²) in [5.74, 6) is 0.618. The highest BCUT2D eigenvalue weighted by Gasteiger charge is 2.12. The summed E-state index contributed by atoms with van der Waals surface area (Å²) < 4.78 is 0. The van der Waals surface area contributed by atoms with E-state index in [0.717, 1.165) is 6.54 Å². The summed E-state index contributed by atoms with van der Waals surface area (Å²) in [5, 5.41) is 4.07. The number of nitrogens with one attached hydrogen (secondary N) is 1. The van der Waals surface area contributed by atoms with E-state index in [1.165, 1.54) is 10.5 Å². The number of hydrogen-bond donors (Lipinski definition) is 1. The van der Waals surface area contributed by atoms with Crippen LogP contribution in [0.4, 0.5) is 0 Å². The molecule has 1 aromatic rings. The molecule has 1 rings (SSSR count). The molecule has 0 amide bonds. The predicted molar refractivity (Wildman–Crippen MR) is 79.0 cm³/mol. The van der Waals surface area contributed by atoms with Gasteiger partial charge in [0.25, 0.3) is 0 Å². The molecule has 0 saturated carbocycles. The highest BCUT2D eigenvalue weighted by atomic mass is 32.2. The van der Waals surface area contributed by atoms with Crippen LogP contribution in [0.2, 0.25) is 0 Å². The van der Waals surface area contributed by atoms with Crippen LogP contribution in [-0.4, -0.2) is 17.8 Å². The Morgan fingerprint density at radius 2 is 1.65 bits per heavy atom. The van der Waals surface area contributed by atoms with Gasteiger partial charge in [0.1, 0.15) is 0 Å². The van der Waals surface area contributed by atoms with Crippen molar-refractivity contribution in [3.63, 3.8) is 0 Å². The molecule has 2 atom stereocenters. The minimum absolute atomic E-state index is 0.551. The standard InChI is InChI=1S/C15H25NS/c1-6-16-12(4)13(5)17-15-9-7-14(8-10-15)11(2)3/h7-13,16H,6H2,1-5H3. The lowest BCUT2D eigenvalue weighted by Gasteiger charge is -2.20. The van der Waals surface area contributed by atoms with Crippen LogP contribution in [0, 0.1) is 0 Å². The first-order chi connectivity index (χ1) is 8.04. The molecule has 0 spiro atoms. The van der Waals surface area contributed by atoms with Crippen molar-refractivity contribution < 1.29 is 0 Å². The van der Waals surface area contributed by atoms with E-state index in [2.05, 4.69) is 64.2 Å². The lowest BCUT2D eigenvalue weighted by atomic mass is 10.0. The van der Waals surface area contributed by atoms with Gasteiger partial charge in [-0.2, -0.15) is 0 Å². The number of thioether (sulfide) groups is 1. The van der Waals surface area contributed by atoms with E-state index in [1.807, 2.05) is 11.8 Å². The fraction of sp³-hybridized carbons (Fsp3) is 0.600. The third-order valence-corrected chi connectivity index (χ3v) is 4.42. The maximum atomic E-state index is 3.47. The lowest BCUT2D eigenvalue weighted by Crippen LogP contribution is -2.33. The molecule has 0 fully saturated rings. The van der Waals surface area contributed by atoms with Crippen LogP contribution in [0.3, 0.4) is 0 Å². The van der Waals surface area contributed by atoms with Crippen LogP contribution in [0.1, 0.15) is 46.1 Å². The normalized spacial score (nSPS) is 14.9. The third kappa shape index (κ3) is 4.72. The summed E-state index contributed by atoms with van der Waals surface area (Å²) in [6.45, 7) is 12.2. The van der Waals surface area contributed by atoms with Gasteiger partial charge in [-0.15, -0.1) is 11.8 Å². The molecule has 0 radical (unpaired) electrons. The monoisotopic (exact) mass is 251 g/mol. The van der Waals surface area contributed by atoms with Crippen LogP contribution in [0.25, 0.3) is 0 Å². The van der Waals surface area contributed by atoms with Crippen LogP contribution in [0.15, 0.2) is 29.2 Å². The Morgan fingerprint density at radius 3 is 2.12 bits per heavy atom. The van der Waals surface area contributed by atoms with Gasteiger partial charge in [0.2, 0.25) is 0 Å². The minimum Gasteiger partial charge on any atom is -0.313 e. The van der Waals surface area contributed by atoms with Crippen molar-refractivity contribution in [2.45, 2.75) is 56.7 Å². The van der Waals surface area contributed by atoms with Crippen molar-refractivity contribution in [3.8, 4) is 0 Å². The third-order valence-electron chi connectivity index (χ3n) is 3.10. The van der Waals surface area contributed by atoms with Gasteiger partial charge in [-0.05, 0) is 37.1 Å². The van der Waals surface area contributed by atoms with Crippen molar-refractivity contribution in [2.75, 3.05) is 6.54 Å². The number of benzene rings is 1. The summed E-state index contributed by atoms with van der Waals surface area (Å²) in [4.78, 5) is 1.37. The minimum atomic E-state index is 0.551. The van der Waals surface area contributed by atoms with Gasteiger partial charge in [0, 0.05) is 16.2 Å². The zero-order valence-corrected chi connectivity index (χ0v) is 12.5. The van der Waals surface area contributed by atoms with E-state index in [9.17, 15) is 0 Å². The first-order valence-electron chi connectivity index (χ1n) is 6.54. The average Bonchev–Trinajstić information content (AvgIpc) is 2.30. The number of hydrogen-bond acceptors (Lipinski definition) is 2. The molecule has 0 aliphatic rings. The molecule has 1 nitrogen and oxygen atoms in total. The van der Waals surface area contributed by atoms with E-state index < -0.39 is 0 Å². The van der Waals surface area contributed by atoms with Crippen LogP contribution in [-0.2, 0) is 0 Å². The fourth-order valence-corrected chi connectivity index (χ4v) is 2.76. The van der Waals surface area contributed by atoms with Crippen molar-refractivity contribution in [2.24, 2.45) is 0 Å². The largest absolute Gasteiger partial charge is 0.313 e. The molecule has 0 aromatic heterocycles. The topological polar surface area (TPSA) is 12.0 Å². The second-order valence-electron chi connectivity index (χ2n) is 4.89. The Labute approximate surface area is 110 Å². The molecule has 0 heterocycles. The van der Waals surface area contributed by atoms with Gasteiger partial charge in [-0.25, -0.2) is 0 Å². The molecule has 0 bridgehead atoms. The highest BCUT2D eigenvalue weighted by molar-refractivity contribution is 8.00. The maximum Gasteiger partial charge on any atom is 0.0217 e. The van der Waals surface area contributed by atoms with Gasteiger partial charge in [0.15, 0.2) is 0 Å². The Kier molecular flexibility index (Phi) is 6.07. The van der Waals surface area contributed by atoms with Gasteiger partial charge < -0.3 is 5.32 Å². The molecule has 2 heteroatoms. The molecule has 96 valence electrons. The zero-order chi connectivity index (χ0) is 12.8. The fourth-order valence-electron chi connectivity index (χ4n) is 1.74. The second kappa shape index (κ2) is 7.07. The summed E-state index contributed by atoms with van der Waals surface area (Å²) >= 11 is 1.95. The first kappa shape index (κ1) is 14.6. The van der Waals surface area contributed by atoms with Crippen molar-refractivity contribution in [1.82, 2.24) is 5.32 Å². The van der Waals surface area contributed by atoms with E-state index in [4.69, 9.17) is 0 Å². The molecule has 17 heavy (non-hydrogen) atoms. The average molecular weight is 251 g/mol. The van der Waals surface area contributed by atoms with Crippen LogP contribution < -0.4 is 5.32 Å². The quantitative estimate of drug-likeness (QED) is 0.757. The summed E-state index contributed by atoms with van der Waals surface area (Å²) in [7, 11) is 0. The second-order valence-corrected chi connectivity index (χ2v) is 6.34. The molecule has 0 aliphatic carbocycles. The van der Waals surface area contributed by atoms with Gasteiger partial charge >= 0.3 is 0 Å². The molecular formula is C15H25NS. The summed E-state index contributed by atoms with van der Waals surface area (Å²) in [6.07, 6.45) is 0. The molecule has 2 unspecified atom stereocenters. The van der Waals surface area contributed by atoms with E-state index in [1.54, 1.807) is 0 Å². The zero-order valence-electron chi connectivity index (χ0n) is 11.7. The maximum absolute atomic E-state index is 3.47. The lowest BCUT2D eigenvalue weighted by molar-refractivity contribution is 0.563. The number of rotatable bonds is 6. The van der Waals surface area contributed by atoms with Crippen molar-refractivity contribution in [3.05, 3.63) is 29.8 Å². The van der Waals surface area contributed by atoms with E-state index >= 15 is 0 Å². The molecule has 0 saturated heterocycles.